The molecule has 15 heavy (non-hydrogen) atoms. The van der Waals surface area contributed by atoms with E-state index in [0.29, 0.717) is 11.5 Å². The fraction of sp³-hybridized carbons (Fsp3) is 0.692. The molecule has 1 aromatic heterocycles. The van der Waals surface area contributed by atoms with Crippen molar-refractivity contribution in [1.82, 2.24) is 5.32 Å². The zero-order valence-corrected chi connectivity index (χ0v) is 11.2. The van der Waals surface area contributed by atoms with Crippen LogP contribution in [0.15, 0.2) is 16.8 Å². The molecule has 1 heterocycles. The Hall–Kier alpha value is -0.340. The monoisotopic (exact) mass is 225 g/mol. The van der Waals surface area contributed by atoms with Gasteiger partial charge in [0.05, 0.1) is 0 Å². The molecule has 0 aliphatic carbocycles. The SMILES string of the molecule is CCNC(Cc1ccsc1)CC(C)(C)C. The molecule has 0 bridgehead atoms. The predicted molar refractivity (Wildman–Crippen MR) is 69.6 cm³/mol. The van der Waals surface area contributed by atoms with Crippen LogP contribution in [0.25, 0.3) is 0 Å². The minimum absolute atomic E-state index is 0.406. The van der Waals surface area contributed by atoms with E-state index < -0.39 is 0 Å². The summed E-state index contributed by atoms with van der Waals surface area (Å²) in [5.74, 6) is 0. The van der Waals surface area contributed by atoms with E-state index in [1.807, 2.05) is 0 Å². The van der Waals surface area contributed by atoms with Crippen molar-refractivity contribution < 1.29 is 0 Å². The fourth-order valence-electron chi connectivity index (χ4n) is 1.94. The summed E-state index contributed by atoms with van der Waals surface area (Å²) >= 11 is 1.79. The second kappa shape index (κ2) is 5.66. The highest BCUT2D eigenvalue weighted by molar-refractivity contribution is 7.07. The van der Waals surface area contributed by atoms with E-state index in [0.717, 1.165) is 13.0 Å². The van der Waals surface area contributed by atoms with E-state index >= 15 is 0 Å². The van der Waals surface area contributed by atoms with Crippen molar-refractivity contribution in [1.29, 1.82) is 0 Å². The van der Waals surface area contributed by atoms with Gasteiger partial charge >= 0.3 is 0 Å². The Morgan fingerprint density at radius 2 is 2.13 bits per heavy atom. The zero-order valence-electron chi connectivity index (χ0n) is 10.3. The van der Waals surface area contributed by atoms with Gasteiger partial charge in [0.15, 0.2) is 0 Å². The molecule has 0 saturated carbocycles. The first-order chi connectivity index (χ1) is 7.01. The second-order valence-corrected chi connectivity index (χ2v) is 6.14. The van der Waals surface area contributed by atoms with Gasteiger partial charge in [-0.1, -0.05) is 27.7 Å². The van der Waals surface area contributed by atoms with E-state index in [9.17, 15) is 0 Å². The first-order valence-corrected chi connectivity index (χ1v) is 6.70. The van der Waals surface area contributed by atoms with Gasteiger partial charge < -0.3 is 5.32 Å². The van der Waals surface area contributed by atoms with Crippen LogP contribution in [0, 0.1) is 5.41 Å². The zero-order chi connectivity index (χ0) is 11.3. The van der Waals surface area contributed by atoms with Crippen LogP contribution in [0.1, 0.15) is 39.7 Å². The lowest BCUT2D eigenvalue weighted by Crippen LogP contribution is -2.34. The number of hydrogen-bond acceptors (Lipinski definition) is 2. The van der Waals surface area contributed by atoms with Crippen LogP contribution in [0.4, 0.5) is 0 Å². The molecule has 0 saturated heterocycles. The molecule has 1 aromatic rings. The number of thiophene rings is 1. The maximum Gasteiger partial charge on any atom is 0.0113 e. The second-order valence-electron chi connectivity index (χ2n) is 5.36. The molecule has 0 amide bonds. The molecule has 0 radical (unpaired) electrons. The summed E-state index contributed by atoms with van der Waals surface area (Å²) in [6.07, 6.45) is 2.39. The summed E-state index contributed by atoms with van der Waals surface area (Å²) < 4.78 is 0. The molecule has 1 rings (SSSR count). The highest BCUT2D eigenvalue weighted by atomic mass is 32.1. The number of rotatable bonds is 5. The van der Waals surface area contributed by atoms with Gasteiger partial charge in [0.2, 0.25) is 0 Å². The molecule has 1 atom stereocenters. The maximum absolute atomic E-state index is 3.58. The summed E-state index contributed by atoms with van der Waals surface area (Å²) in [6, 6.07) is 2.85. The van der Waals surface area contributed by atoms with E-state index in [4.69, 9.17) is 0 Å². The van der Waals surface area contributed by atoms with Crippen molar-refractivity contribution in [3.63, 3.8) is 0 Å². The lowest BCUT2D eigenvalue weighted by Gasteiger charge is -2.26. The van der Waals surface area contributed by atoms with Crippen LogP contribution < -0.4 is 5.32 Å². The van der Waals surface area contributed by atoms with Crippen LogP contribution in [0.2, 0.25) is 0 Å². The Morgan fingerprint density at radius 1 is 1.40 bits per heavy atom. The Bertz CT molecular complexity index is 259. The lowest BCUT2D eigenvalue weighted by atomic mass is 9.86. The third kappa shape index (κ3) is 5.33. The van der Waals surface area contributed by atoms with Gasteiger partial charge in [-0.15, -0.1) is 0 Å². The molecule has 0 aromatic carbocycles. The van der Waals surface area contributed by atoms with Gasteiger partial charge in [0, 0.05) is 6.04 Å². The van der Waals surface area contributed by atoms with Crippen molar-refractivity contribution in [2.24, 2.45) is 5.41 Å². The topological polar surface area (TPSA) is 12.0 Å². The maximum atomic E-state index is 3.58. The molecule has 1 N–H and O–H groups in total. The molecule has 0 aliphatic heterocycles. The standard InChI is InChI=1S/C13H23NS/c1-5-14-12(9-13(2,3)4)8-11-6-7-15-10-11/h6-7,10,12,14H,5,8-9H2,1-4H3. The largest absolute Gasteiger partial charge is 0.314 e. The fourth-order valence-corrected chi connectivity index (χ4v) is 2.62. The van der Waals surface area contributed by atoms with E-state index in [2.05, 4.69) is 49.8 Å². The molecule has 1 unspecified atom stereocenters. The molecule has 1 nitrogen and oxygen atoms in total. The predicted octanol–water partition coefficient (Wildman–Crippen LogP) is 3.70. The third-order valence-electron chi connectivity index (χ3n) is 2.41. The molecular formula is C13H23NS. The van der Waals surface area contributed by atoms with E-state index in [-0.39, 0.29) is 0 Å². The highest BCUT2D eigenvalue weighted by Gasteiger charge is 2.18. The molecular weight excluding hydrogens is 202 g/mol. The molecule has 86 valence electrons. The smallest absolute Gasteiger partial charge is 0.0113 e. The number of likely N-dealkylation sites (N-methyl/N-ethyl adjacent to an activating group) is 1. The number of hydrogen-bond donors (Lipinski definition) is 1. The van der Waals surface area contributed by atoms with Gasteiger partial charge in [0.1, 0.15) is 0 Å². The van der Waals surface area contributed by atoms with Gasteiger partial charge in [-0.2, -0.15) is 11.3 Å². The van der Waals surface area contributed by atoms with Crippen molar-refractivity contribution in [2.75, 3.05) is 6.54 Å². The lowest BCUT2D eigenvalue weighted by molar-refractivity contribution is 0.309. The molecule has 2 heteroatoms. The van der Waals surface area contributed by atoms with Crippen molar-refractivity contribution in [3.05, 3.63) is 22.4 Å². The van der Waals surface area contributed by atoms with E-state index in [1.54, 1.807) is 11.3 Å². The third-order valence-corrected chi connectivity index (χ3v) is 3.15. The Morgan fingerprint density at radius 3 is 2.60 bits per heavy atom. The minimum Gasteiger partial charge on any atom is -0.314 e. The van der Waals surface area contributed by atoms with Gasteiger partial charge in [-0.25, -0.2) is 0 Å². The normalized spacial score (nSPS) is 14.1. The van der Waals surface area contributed by atoms with Crippen molar-refractivity contribution in [2.45, 2.75) is 46.6 Å². The van der Waals surface area contributed by atoms with Crippen LogP contribution >= 0.6 is 11.3 Å². The Labute approximate surface area is 97.9 Å². The van der Waals surface area contributed by atoms with Gasteiger partial charge in [0.25, 0.3) is 0 Å². The summed E-state index contributed by atoms with van der Waals surface area (Å²) in [4.78, 5) is 0. The van der Waals surface area contributed by atoms with Crippen LogP contribution in [-0.2, 0) is 6.42 Å². The average Bonchev–Trinajstić information content (AvgIpc) is 2.54. The summed E-state index contributed by atoms with van der Waals surface area (Å²) in [5, 5.41) is 8.00. The number of nitrogens with one attached hydrogen (secondary N) is 1. The molecule has 0 aliphatic rings. The van der Waals surface area contributed by atoms with E-state index in [1.165, 1.54) is 12.0 Å². The van der Waals surface area contributed by atoms with Crippen LogP contribution in [0.3, 0.4) is 0 Å². The average molecular weight is 225 g/mol. The van der Waals surface area contributed by atoms with Gasteiger partial charge in [-0.05, 0) is 47.2 Å². The summed E-state index contributed by atoms with van der Waals surface area (Å²) in [6.45, 7) is 10.2. The first-order valence-electron chi connectivity index (χ1n) is 5.76. The quantitative estimate of drug-likeness (QED) is 0.805. The van der Waals surface area contributed by atoms with Crippen LogP contribution in [0.5, 0.6) is 0 Å². The van der Waals surface area contributed by atoms with Crippen molar-refractivity contribution in [3.8, 4) is 0 Å². The first kappa shape index (κ1) is 12.7. The Balaban J connectivity index is 2.51. The summed E-state index contributed by atoms with van der Waals surface area (Å²) in [5.41, 5.74) is 1.87. The Kier molecular flexibility index (Phi) is 4.81. The molecule has 0 fully saturated rings. The van der Waals surface area contributed by atoms with Gasteiger partial charge in [-0.3, -0.25) is 0 Å². The molecule has 0 spiro atoms. The van der Waals surface area contributed by atoms with Crippen LogP contribution in [-0.4, -0.2) is 12.6 Å². The highest BCUT2D eigenvalue weighted by Crippen LogP contribution is 2.23. The van der Waals surface area contributed by atoms with Crippen molar-refractivity contribution >= 4 is 11.3 Å². The summed E-state index contributed by atoms with van der Waals surface area (Å²) in [7, 11) is 0. The minimum atomic E-state index is 0.406.